The lowest BCUT2D eigenvalue weighted by Crippen LogP contribution is -2.33. The second-order valence-electron chi connectivity index (χ2n) is 3.59. The maximum atomic E-state index is 11.5. The number of halogens is 1. The first-order valence-electron chi connectivity index (χ1n) is 5.05. The Bertz CT molecular complexity index is 379. The lowest BCUT2D eigenvalue weighted by Gasteiger charge is -2.20. The Morgan fingerprint density at radius 2 is 2.12 bits per heavy atom. The molecule has 86 valence electrons. The summed E-state index contributed by atoms with van der Waals surface area (Å²) in [5, 5.41) is 9.53. The van der Waals surface area contributed by atoms with Gasteiger partial charge in [-0.05, 0) is 30.7 Å². The van der Waals surface area contributed by atoms with Crippen LogP contribution in [0.4, 0.5) is 10.5 Å². The average Bonchev–Trinajstić information content (AvgIpc) is 2.62. The SMILES string of the molecule is O=C1OCC(CCO)N1c1ccc(Cl)cc1. The van der Waals surface area contributed by atoms with E-state index in [1.165, 1.54) is 0 Å². The fourth-order valence-electron chi connectivity index (χ4n) is 1.74. The fourth-order valence-corrected chi connectivity index (χ4v) is 1.87. The molecule has 1 amide bonds. The number of hydrogen-bond acceptors (Lipinski definition) is 3. The summed E-state index contributed by atoms with van der Waals surface area (Å²) in [6, 6.07) is 6.87. The van der Waals surface area contributed by atoms with Crippen LogP contribution in [0.2, 0.25) is 5.02 Å². The maximum Gasteiger partial charge on any atom is 0.414 e. The molecule has 1 aliphatic heterocycles. The number of carbonyl (C=O) groups is 1. The van der Waals surface area contributed by atoms with Gasteiger partial charge >= 0.3 is 6.09 Å². The van der Waals surface area contributed by atoms with Crippen molar-refractivity contribution in [2.75, 3.05) is 18.1 Å². The molecule has 1 heterocycles. The molecule has 4 nitrogen and oxygen atoms in total. The monoisotopic (exact) mass is 241 g/mol. The zero-order valence-electron chi connectivity index (χ0n) is 8.60. The number of rotatable bonds is 3. The largest absolute Gasteiger partial charge is 0.447 e. The van der Waals surface area contributed by atoms with Gasteiger partial charge in [-0.25, -0.2) is 4.79 Å². The Hall–Kier alpha value is -1.26. The lowest BCUT2D eigenvalue weighted by atomic mass is 10.2. The van der Waals surface area contributed by atoms with Gasteiger partial charge in [0.15, 0.2) is 0 Å². The number of carbonyl (C=O) groups excluding carboxylic acids is 1. The van der Waals surface area contributed by atoms with Crippen molar-refractivity contribution in [1.29, 1.82) is 0 Å². The summed E-state index contributed by atoms with van der Waals surface area (Å²) in [5.41, 5.74) is 0.741. The summed E-state index contributed by atoms with van der Waals surface area (Å²) in [6.45, 7) is 0.355. The first-order chi connectivity index (χ1) is 7.72. The molecule has 16 heavy (non-hydrogen) atoms. The van der Waals surface area contributed by atoms with E-state index in [-0.39, 0.29) is 18.7 Å². The van der Waals surface area contributed by atoms with Gasteiger partial charge < -0.3 is 9.84 Å². The summed E-state index contributed by atoms with van der Waals surface area (Å²) in [6.07, 6.45) is 0.134. The molecule has 0 spiro atoms. The highest BCUT2D eigenvalue weighted by atomic mass is 35.5. The first-order valence-corrected chi connectivity index (χ1v) is 5.42. The number of cyclic esters (lactones) is 1. The number of aliphatic hydroxyl groups excluding tert-OH is 1. The molecule has 0 radical (unpaired) electrons. The molecule has 1 fully saturated rings. The molecular formula is C11H12ClNO3. The van der Waals surface area contributed by atoms with Crippen molar-refractivity contribution in [3.05, 3.63) is 29.3 Å². The standard InChI is InChI=1S/C11H12ClNO3/c12-8-1-3-9(4-2-8)13-10(5-6-14)7-16-11(13)15/h1-4,10,14H,5-7H2. The van der Waals surface area contributed by atoms with Crippen LogP contribution in [0.15, 0.2) is 24.3 Å². The van der Waals surface area contributed by atoms with E-state index in [0.717, 1.165) is 5.69 Å². The summed E-state index contributed by atoms with van der Waals surface area (Å²) in [4.78, 5) is 13.1. The number of hydrogen-bond donors (Lipinski definition) is 1. The Kier molecular flexibility index (Phi) is 3.31. The molecule has 5 heteroatoms. The molecular weight excluding hydrogens is 230 g/mol. The van der Waals surface area contributed by atoms with Crippen molar-refractivity contribution in [3.63, 3.8) is 0 Å². The van der Waals surface area contributed by atoms with Gasteiger partial charge in [0, 0.05) is 17.3 Å². The number of ether oxygens (including phenoxy) is 1. The van der Waals surface area contributed by atoms with E-state index in [9.17, 15) is 4.79 Å². The molecule has 1 saturated heterocycles. The van der Waals surface area contributed by atoms with Crippen LogP contribution < -0.4 is 4.90 Å². The minimum absolute atomic E-state index is 0.0331. The molecule has 0 bridgehead atoms. The van der Waals surface area contributed by atoms with Gasteiger partial charge in [-0.1, -0.05) is 11.6 Å². The zero-order chi connectivity index (χ0) is 11.5. The minimum Gasteiger partial charge on any atom is -0.447 e. The van der Waals surface area contributed by atoms with Gasteiger partial charge in [-0.15, -0.1) is 0 Å². The summed E-state index contributed by atoms with van der Waals surface area (Å²) >= 11 is 5.78. The van der Waals surface area contributed by atoms with E-state index in [4.69, 9.17) is 21.4 Å². The predicted octanol–water partition coefficient (Wildman–Crippen LogP) is 2.05. The number of amides is 1. The van der Waals surface area contributed by atoms with E-state index in [2.05, 4.69) is 0 Å². The van der Waals surface area contributed by atoms with Gasteiger partial charge in [0.25, 0.3) is 0 Å². The van der Waals surface area contributed by atoms with E-state index in [1.54, 1.807) is 29.2 Å². The van der Waals surface area contributed by atoms with Crippen LogP contribution in [0.3, 0.4) is 0 Å². The summed E-state index contributed by atoms with van der Waals surface area (Å²) in [5.74, 6) is 0. The third kappa shape index (κ3) is 2.13. The number of nitrogens with zero attached hydrogens (tertiary/aromatic N) is 1. The van der Waals surface area contributed by atoms with Crippen LogP contribution in [-0.4, -0.2) is 30.5 Å². The molecule has 1 atom stereocenters. The quantitative estimate of drug-likeness (QED) is 0.881. The van der Waals surface area contributed by atoms with Crippen molar-refractivity contribution in [1.82, 2.24) is 0 Å². The first kappa shape index (κ1) is 11.2. The smallest absolute Gasteiger partial charge is 0.414 e. The van der Waals surface area contributed by atoms with Gasteiger partial charge in [0.05, 0.1) is 6.04 Å². The van der Waals surface area contributed by atoms with E-state index < -0.39 is 0 Å². The molecule has 1 N–H and O–H groups in total. The molecule has 1 unspecified atom stereocenters. The second-order valence-corrected chi connectivity index (χ2v) is 4.03. The minimum atomic E-state index is -0.374. The highest BCUT2D eigenvalue weighted by Gasteiger charge is 2.33. The Morgan fingerprint density at radius 1 is 1.44 bits per heavy atom. The highest BCUT2D eigenvalue weighted by Crippen LogP contribution is 2.25. The topological polar surface area (TPSA) is 49.8 Å². The third-order valence-electron chi connectivity index (χ3n) is 2.53. The Labute approximate surface area is 98.4 Å². The fraction of sp³-hybridized carbons (Fsp3) is 0.364. The molecule has 0 aromatic heterocycles. The molecule has 1 aromatic rings. The maximum absolute atomic E-state index is 11.5. The van der Waals surface area contributed by atoms with Crippen LogP contribution in [0, 0.1) is 0 Å². The van der Waals surface area contributed by atoms with Gasteiger partial charge in [-0.2, -0.15) is 0 Å². The average molecular weight is 242 g/mol. The molecule has 1 aromatic carbocycles. The normalized spacial score (nSPS) is 20.0. The van der Waals surface area contributed by atoms with Gasteiger partial charge in [0.2, 0.25) is 0 Å². The van der Waals surface area contributed by atoms with E-state index in [1.807, 2.05) is 0 Å². The third-order valence-corrected chi connectivity index (χ3v) is 2.78. The highest BCUT2D eigenvalue weighted by molar-refractivity contribution is 6.30. The van der Waals surface area contributed by atoms with Crippen LogP contribution in [0.1, 0.15) is 6.42 Å². The number of benzene rings is 1. The van der Waals surface area contributed by atoms with Crippen LogP contribution in [0.25, 0.3) is 0 Å². The zero-order valence-corrected chi connectivity index (χ0v) is 9.35. The van der Waals surface area contributed by atoms with E-state index in [0.29, 0.717) is 18.1 Å². The van der Waals surface area contributed by atoms with E-state index >= 15 is 0 Å². The van der Waals surface area contributed by atoms with Crippen LogP contribution >= 0.6 is 11.6 Å². The molecule has 1 aliphatic rings. The Balaban J connectivity index is 2.22. The Morgan fingerprint density at radius 3 is 2.75 bits per heavy atom. The van der Waals surface area contributed by atoms with Crippen molar-refractivity contribution >= 4 is 23.4 Å². The number of anilines is 1. The van der Waals surface area contributed by atoms with Crippen molar-refractivity contribution in [2.24, 2.45) is 0 Å². The predicted molar refractivity (Wildman–Crippen MR) is 60.8 cm³/mol. The van der Waals surface area contributed by atoms with Crippen molar-refractivity contribution in [3.8, 4) is 0 Å². The van der Waals surface area contributed by atoms with Crippen LogP contribution in [-0.2, 0) is 4.74 Å². The summed E-state index contributed by atoms with van der Waals surface area (Å²) < 4.78 is 4.96. The molecule has 0 aliphatic carbocycles. The van der Waals surface area contributed by atoms with Gasteiger partial charge in [-0.3, -0.25) is 4.90 Å². The van der Waals surface area contributed by atoms with Crippen molar-refractivity contribution in [2.45, 2.75) is 12.5 Å². The lowest BCUT2D eigenvalue weighted by molar-refractivity contribution is 0.176. The van der Waals surface area contributed by atoms with Crippen molar-refractivity contribution < 1.29 is 14.6 Å². The summed E-state index contributed by atoms with van der Waals surface area (Å²) in [7, 11) is 0. The van der Waals surface area contributed by atoms with Gasteiger partial charge in [0.1, 0.15) is 6.61 Å². The second kappa shape index (κ2) is 4.72. The van der Waals surface area contributed by atoms with Crippen LogP contribution in [0.5, 0.6) is 0 Å². The molecule has 2 rings (SSSR count). The number of aliphatic hydroxyl groups is 1. The molecule has 0 saturated carbocycles.